The molecule has 1 N–H and O–H groups in total. The summed E-state index contributed by atoms with van der Waals surface area (Å²) >= 11 is 5.90. The topological polar surface area (TPSA) is 77.9 Å². The van der Waals surface area contributed by atoms with Crippen molar-refractivity contribution in [3.8, 4) is 0 Å². The molecular weight excluding hydrogens is 376 g/mol. The summed E-state index contributed by atoms with van der Waals surface area (Å²) < 4.78 is 27.4. The van der Waals surface area contributed by atoms with Crippen LogP contribution in [-0.4, -0.2) is 50.0 Å². The first-order valence-corrected chi connectivity index (χ1v) is 10.00. The Kier molecular flexibility index (Phi) is 5.50. The lowest BCUT2D eigenvalue weighted by molar-refractivity contribution is -0.136. The minimum Gasteiger partial charge on any atom is -0.481 e. The monoisotopic (exact) mass is 394 g/mol. The van der Waals surface area contributed by atoms with Crippen LogP contribution in [0.15, 0.2) is 53.4 Å². The van der Waals surface area contributed by atoms with Crippen LogP contribution in [0.25, 0.3) is 0 Å². The van der Waals surface area contributed by atoms with Gasteiger partial charge in [0.2, 0.25) is 10.0 Å². The first-order chi connectivity index (χ1) is 12.4. The van der Waals surface area contributed by atoms with Crippen molar-refractivity contribution in [1.82, 2.24) is 4.31 Å². The van der Waals surface area contributed by atoms with E-state index in [1.54, 1.807) is 18.2 Å². The van der Waals surface area contributed by atoms with Gasteiger partial charge in [0.1, 0.15) is 0 Å². The molecule has 0 bridgehead atoms. The van der Waals surface area contributed by atoms with E-state index >= 15 is 0 Å². The molecule has 0 aromatic heterocycles. The number of aliphatic carboxylic acids is 1. The van der Waals surface area contributed by atoms with E-state index in [4.69, 9.17) is 16.7 Å². The zero-order valence-corrected chi connectivity index (χ0v) is 15.6. The van der Waals surface area contributed by atoms with Crippen molar-refractivity contribution in [2.75, 3.05) is 31.1 Å². The van der Waals surface area contributed by atoms with Crippen molar-refractivity contribution in [1.29, 1.82) is 0 Å². The van der Waals surface area contributed by atoms with Crippen LogP contribution >= 0.6 is 11.6 Å². The highest BCUT2D eigenvalue weighted by molar-refractivity contribution is 7.89. The molecule has 0 spiro atoms. The van der Waals surface area contributed by atoms with Gasteiger partial charge in [-0.15, -0.1) is 0 Å². The van der Waals surface area contributed by atoms with Crippen molar-refractivity contribution in [3.63, 3.8) is 0 Å². The number of carboxylic acid groups (broad SMARTS) is 1. The van der Waals surface area contributed by atoms with Crippen LogP contribution in [0.4, 0.5) is 5.69 Å². The fourth-order valence-electron chi connectivity index (χ4n) is 3.04. The normalized spacial score (nSPS) is 15.8. The Balaban J connectivity index is 1.76. The van der Waals surface area contributed by atoms with Crippen LogP contribution < -0.4 is 4.90 Å². The standard InChI is InChI=1S/C18H19ClN2O4S/c19-15-5-7-16(8-6-15)20-9-11-21(12-10-20)26(24,25)17-4-2-1-3-14(17)13-18(22)23/h1-8H,9-13H2,(H,22,23). The summed E-state index contributed by atoms with van der Waals surface area (Å²) in [5.74, 6) is -1.06. The minimum absolute atomic E-state index is 0.0716. The van der Waals surface area contributed by atoms with Gasteiger partial charge in [0, 0.05) is 36.9 Å². The SMILES string of the molecule is O=C(O)Cc1ccccc1S(=O)(=O)N1CCN(c2ccc(Cl)cc2)CC1. The Morgan fingerprint density at radius 3 is 2.23 bits per heavy atom. The third-order valence-corrected chi connectivity index (χ3v) is 6.61. The van der Waals surface area contributed by atoms with E-state index < -0.39 is 16.0 Å². The summed E-state index contributed by atoms with van der Waals surface area (Å²) in [4.78, 5) is 13.2. The summed E-state index contributed by atoms with van der Waals surface area (Å²) in [6.45, 7) is 1.79. The molecule has 2 aromatic rings. The molecule has 0 aliphatic carbocycles. The van der Waals surface area contributed by atoms with Gasteiger partial charge in [-0.2, -0.15) is 4.31 Å². The Morgan fingerprint density at radius 1 is 1.00 bits per heavy atom. The van der Waals surface area contributed by atoms with E-state index in [1.807, 2.05) is 24.3 Å². The zero-order valence-electron chi connectivity index (χ0n) is 14.0. The summed E-state index contributed by atoms with van der Waals surface area (Å²) in [5.41, 5.74) is 1.30. The average molecular weight is 395 g/mol. The lowest BCUT2D eigenvalue weighted by Crippen LogP contribution is -2.48. The molecule has 0 saturated carbocycles. The Morgan fingerprint density at radius 2 is 1.62 bits per heavy atom. The lowest BCUT2D eigenvalue weighted by atomic mass is 10.1. The minimum atomic E-state index is -3.73. The molecule has 1 heterocycles. The van der Waals surface area contributed by atoms with E-state index in [-0.39, 0.29) is 11.3 Å². The zero-order chi connectivity index (χ0) is 18.7. The summed E-state index contributed by atoms with van der Waals surface area (Å²) in [6.07, 6.45) is -0.319. The molecule has 2 aromatic carbocycles. The third kappa shape index (κ3) is 4.00. The Labute approximate surface area is 157 Å². The molecule has 1 fully saturated rings. The molecule has 0 unspecified atom stereocenters. The van der Waals surface area contributed by atoms with Gasteiger partial charge < -0.3 is 10.0 Å². The first-order valence-electron chi connectivity index (χ1n) is 8.18. The number of carbonyl (C=O) groups is 1. The summed E-state index contributed by atoms with van der Waals surface area (Å²) in [6, 6.07) is 13.7. The molecule has 0 radical (unpaired) electrons. The number of hydrogen-bond acceptors (Lipinski definition) is 4. The fourth-order valence-corrected chi connectivity index (χ4v) is 4.81. The molecule has 1 aliphatic heterocycles. The molecular formula is C18H19ClN2O4S. The highest BCUT2D eigenvalue weighted by Gasteiger charge is 2.30. The molecule has 8 heteroatoms. The van der Waals surface area contributed by atoms with Gasteiger partial charge >= 0.3 is 5.97 Å². The predicted molar refractivity (Wildman–Crippen MR) is 100 cm³/mol. The van der Waals surface area contributed by atoms with Crippen LogP contribution in [0.2, 0.25) is 5.02 Å². The van der Waals surface area contributed by atoms with Gasteiger partial charge in [0.15, 0.2) is 0 Å². The maximum atomic E-state index is 13.0. The highest BCUT2D eigenvalue weighted by Crippen LogP contribution is 2.24. The largest absolute Gasteiger partial charge is 0.481 e. The summed E-state index contributed by atoms with van der Waals surface area (Å²) in [5, 5.41) is 9.68. The van der Waals surface area contributed by atoms with Crippen LogP contribution in [0.1, 0.15) is 5.56 Å². The number of sulfonamides is 1. The van der Waals surface area contributed by atoms with Gasteiger partial charge in [-0.25, -0.2) is 8.42 Å². The first kappa shape index (κ1) is 18.7. The van der Waals surface area contributed by atoms with Gasteiger partial charge in [0.25, 0.3) is 0 Å². The van der Waals surface area contributed by atoms with E-state index in [2.05, 4.69) is 4.90 Å². The molecule has 0 atom stereocenters. The molecule has 26 heavy (non-hydrogen) atoms. The van der Waals surface area contributed by atoms with Crippen molar-refractivity contribution in [3.05, 3.63) is 59.1 Å². The maximum Gasteiger partial charge on any atom is 0.307 e. The summed E-state index contributed by atoms with van der Waals surface area (Å²) in [7, 11) is -3.73. The highest BCUT2D eigenvalue weighted by atomic mass is 35.5. The second kappa shape index (κ2) is 7.65. The van der Waals surface area contributed by atoms with E-state index in [0.29, 0.717) is 36.8 Å². The van der Waals surface area contributed by atoms with Gasteiger partial charge in [-0.1, -0.05) is 29.8 Å². The van der Waals surface area contributed by atoms with Crippen LogP contribution in [0, 0.1) is 0 Å². The Hall–Kier alpha value is -2.09. The van der Waals surface area contributed by atoms with Gasteiger partial charge in [-0.05, 0) is 35.9 Å². The third-order valence-electron chi connectivity index (χ3n) is 4.36. The van der Waals surface area contributed by atoms with E-state index in [0.717, 1.165) is 5.69 Å². The predicted octanol–water partition coefficient (Wildman–Crippen LogP) is 2.48. The van der Waals surface area contributed by atoms with Crippen molar-refractivity contribution >= 4 is 33.3 Å². The van der Waals surface area contributed by atoms with Crippen LogP contribution in [0.3, 0.4) is 0 Å². The number of anilines is 1. The second-order valence-corrected chi connectivity index (χ2v) is 8.39. The maximum absolute atomic E-state index is 13.0. The molecule has 0 amide bonds. The van der Waals surface area contributed by atoms with Crippen molar-refractivity contribution < 1.29 is 18.3 Å². The van der Waals surface area contributed by atoms with Gasteiger partial charge in [0.05, 0.1) is 11.3 Å². The number of benzene rings is 2. The molecule has 3 rings (SSSR count). The van der Waals surface area contributed by atoms with Crippen LogP contribution in [-0.2, 0) is 21.2 Å². The smallest absolute Gasteiger partial charge is 0.307 e. The number of carboxylic acids is 1. The number of piperazine rings is 1. The number of hydrogen-bond donors (Lipinski definition) is 1. The van der Waals surface area contributed by atoms with Gasteiger partial charge in [-0.3, -0.25) is 4.79 Å². The Bertz CT molecular complexity index is 892. The second-order valence-electron chi connectivity index (χ2n) is 6.05. The van der Waals surface area contributed by atoms with Crippen molar-refractivity contribution in [2.24, 2.45) is 0 Å². The van der Waals surface area contributed by atoms with Crippen molar-refractivity contribution in [2.45, 2.75) is 11.3 Å². The number of nitrogens with zero attached hydrogens (tertiary/aromatic N) is 2. The van der Waals surface area contributed by atoms with Crippen LogP contribution in [0.5, 0.6) is 0 Å². The number of rotatable bonds is 5. The van der Waals surface area contributed by atoms with E-state index in [1.165, 1.54) is 10.4 Å². The average Bonchev–Trinajstić information content (AvgIpc) is 2.62. The molecule has 138 valence electrons. The lowest BCUT2D eigenvalue weighted by Gasteiger charge is -2.35. The number of halogens is 1. The molecule has 1 aliphatic rings. The quantitative estimate of drug-likeness (QED) is 0.842. The van der Waals surface area contributed by atoms with E-state index in [9.17, 15) is 13.2 Å². The molecule has 6 nitrogen and oxygen atoms in total. The fraction of sp³-hybridized carbons (Fsp3) is 0.278. The molecule has 1 saturated heterocycles.